The predicted octanol–water partition coefficient (Wildman–Crippen LogP) is 11.7. The van der Waals surface area contributed by atoms with Crippen LogP contribution in [0.25, 0.3) is 11.1 Å². The molecule has 4 aromatic heterocycles. The molecule has 8 heteroatoms. The zero-order valence-corrected chi connectivity index (χ0v) is 32.6. The van der Waals surface area contributed by atoms with Crippen LogP contribution in [0.1, 0.15) is 127 Å². The fourth-order valence-electron chi connectivity index (χ4n) is 3.95. The van der Waals surface area contributed by atoms with Gasteiger partial charge in [0.25, 0.3) is 0 Å². The molecule has 0 bridgehead atoms. The van der Waals surface area contributed by atoms with E-state index in [-0.39, 0.29) is 27.1 Å². The number of oxazole rings is 2. The quantitative estimate of drug-likeness (QED) is 0.161. The molecule has 49 heavy (non-hydrogen) atoms. The summed E-state index contributed by atoms with van der Waals surface area (Å²) >= 11 is 0. The molecular weight excluding hydrogens is 612 g/mol. The number of para-hydroxylation sites is 2. The third-order valence-electron chi connectivity index (χ3n) is 6.86. The van der Waals surface area contributed by atoms with E-state index in [1.165, 1.54) is 5.71 Å². The third-order valence-corrected chi connectivity index (χ3v) is 6.86. The van der Waals surface area contributed by atoms with E-state index < -0.39 is 0 Å². The van der Waals surface area contributed by atoms with Crippen molar-refractivity contribution in [2.24, 2.45) is 10.4 Å². The first kappa shape index (κ1) is 41.0. The van der Waals surface area contributed by atoms with Crippen molar-refractivity contribution in [3.8, 4) is 0 Å². The molecule has 8 nitrogen and oxygen atoms in total. The molecule has 6 rings (SSSR count). The van der Waals surface area contributed by atoms with Crippen LogP contribution in [0.2, 0.25) is 0 Å². The second-order valence-electron chi connectivity index (χ2n) is 17.1. The van der Waals surface area contributed by atoms with Crippen molar-refractivity contribution in [3.05, 3.63) is 103 Å². The highest BCUT2D eigenvalue weighted by Gasteiger charge is 2.21. The van der Waals surface area contributed by atoms with Crippen molar-refractivity contribution in [2.45, 2.75) is 126 Å². The molecule has 1 aliphatic heterocycles. The molecule has 0 saturated carbocycles. The lowest BCUT2D eigenvalue weighted by atomic mass is 9.90. The summed E-state index contributed by atoms with van der Waals surface area (Å²) in [6, 6.07) is 13.6. The lowest BCUT2D eigenvalue weighted by Crippen LogP contribution is -2.16. The van der Waals surface area contributed by atoms with Crippen molar-refractivity contribution in [3.63, 3.8) is 0 Å². The minimum atomic E-state index is -0.0149. The van der Waals surface area contributed by atoms with Gasteiger partial charge in [0.15, 0.2) is 11.5 Å². The van der Waals surface area contributed by atoms with E-state index in [9.17, 15) is 0 Å². The Morgan fingerprint density at radius 2 is 1.20 bits per heavy atom. The number of rotatable bonds is 0. The van der Waals surface area contributed by atoms with Gasteiger partial charge in [-0.05, 0) is 30.3 Å². The third kappa shape index (κ3) is 14.4. The predicted molar refractivity (Wildman–Crippen MR) is 201 cm³/mol. The summed E-state index contributed by atoms with van der Waals surface area (Å²) in [5, 5.41) is 3.61. The van der Waals surface area contributed by atoms with E-state index in [2.05, 4.69) is 136 Å². The van der Waals surface area contributed by atoms with Crippen LogP contribution in [0.15, 0.2) is 102 Å². The molecule has 0 saturated heterocycles. The molecule has 268 valence electrons. The smallest absolute Gasteiger partial charge is 0.200 e. The van der Waals surface area contributed by atoms with Crippen LogP contribution in [0.4, 0.5) is 0 Å². The fourth-order valence-corrected chi connectivity index (χ4v) is 3.95. The van der Waals surface area contributed by atoms with Gasteiger partial charge in [-0.3, -0.25) is 4.99 Å². The number of aromatic nitrogens is 3. The largest absolute Gasteiger partial charge is 0.469 e. The fraction of sp³-hybridized carbons (Fsp3) is 0.512. The molecule has 5 aromatic rings. The van der Waals surface area contributed by atoms with Crippen LogP contribution in [0, 0.1) is 5.41 Å². The first-order valence-electron chi connectivity index (χ1n) is 16.9. The number of nitrogens with zero attached hydrogens (tertiary/aromatic N) is 4. The lowest BCUT2D eigenvalue weighted by molar-refractivity contribution is 0.329. The van der Waals surface area contributed by atoms with Gasteiger partial charge in [0, 0.05) is 38.9 Å². The molecule has 1 aromatic carbocycles. The van der Waals surface area contributed by atoms with E-state index in [0.717, 1.165) is 40.9 Å². The van der Waals surface area contributed by atoms with Gasteiger partial charge in [0.05, 0.1) is 25.2 Å². The molecule has 0 unspecified atom stereocenters. The Bertz CT molecular complexity index is 1530. The van der Waals surface area contributed by atoms with Crippen LogP contribution >= 0.6 is 0 Å². The van der Waals surface area contributed by atoms with Gasteiger partial charge in [0.2, 0.25) is 5.89 Å². The zero-order chi connectivity index (χ0) is 37.1. The summed E-state index contributed by atoms with van der Waals surface area (Å²) < 4.78 is 20.9. The molecule has 0 aliphatic carbocycles. The maximum Gasteiger partial charge on any atom is 0.200 e. The van der Waals surface area contributed by atoms with E-state index in [1.807, 2.05) is 42.5 Å². The Morgan fingerprint density at radius 1 is 0.571 bits per heavy atom. The van der Waals surface area contributed by atoms with E-state index in [0.29, 0.717) is 0 Å². The summed E-state index contributed by atoms with van der Waals surface area (Å²) in [5.41, 5.74) is 3.55. The number of aliphatic imine (C=N–C) groups is 1. The summed E-state index contributed by atoms with van der Waals surface area (Å²) in [4.78, 5) is 12.8. The van der Waals surface area contributed by atoms with Gasteiger partial charge >= 0.3 is 0 Å². The highest BCUT2D eigenvalue weighted by atomic mass is 16.5. The number of benzene rings is 1. The SMILES string of the molecule is CC(C)(C)C1=NCC=C1.CC(C)(C)c1ccco1.CC(C)(C)c1ccno1.CC(C)(C)c1nc2ccccc2o1.CC(C)(C)c1ncco1. The van der Waals surface area contributed by atoms with Gasteiger partial charge in [-0.25, -0.2) is 9.97 Å². The van der Waals surface area contributed by atoms with E-state index in [4.69, 9.17) is 17.8 Å². The summed E-state index contributed by atoms with van der Waals surface area (Å²) in [6.45, 7) is 32.6. The Hall–Kier alpha value is -4.20. The van der Waals surface area contributed by atoms with Gasteiger partial charge in [-0.15, -0.1) is 0 Å². The van der Waals surface area contributed by atoms with Gasteiger partial charge < -0.3 is 17.8 Å². The monoisotopic (exact) mass is 672 g/mol. The van der Waals surface area contributed by atoms with Gasteiger partial charge in [-0.1, -0.05) is 127 Å². The Morgan fingerprint density at radius 3 is 1.53 bits per heavy atom. The highest BCUT2D eigenvalue weighted by Crippen LogP contribution is 2.26. The highest BCUT2D eigenvalue weighted by molar-refractivity contribution is 6.00. The molecule has 5 heterocycles. The standard InChI is InChI=1S/C11H13NO.C8H13N.C8H12O.2C7H11NO/c1-11(2,3)10-12-8-6-4-5-7-9(8)13-10;2*1-8(2,3)7-5-4-6-9-7;1-7(2,3)6-8-4-5-9-6;1-7(2,3)6-4-5-8-9-6/h4-7H,1-3H3;4-5H,6H2,1-3H3;4-6H,1-3H3;2*4-5H,1-3H3. The van der Waals surface area contributed by atoms with Gasteiger partial charge in [0.1, 0.15) is 23.3 Å². The first-order valence-corrected chi connectivity index (χ1v) is 16.9. The van der Waals surface area contributed by atoms with Crippen LogP contribution in [-0.4, -0.2) is 27.4 Å². The van der Waals surface area contributed by atoms with Crippen molar-refractivity contribution in [1.29, 1.82) is 0 Å². The van der Waals surface area contributed by atoms with Crippen molar-refractivity contribution >= 4 is 16.8 Å². The molecular formula is C41H60N4O4. The molecule has 0 N–H and O–H groups in total. The van der Waals surface area contributed by atoms with Gasteiger partial charge in [-0.2, -0.15) is 0 Å². The number of fused-ring (bicyclic) bond motifs is 1. The number of hydrogen-bond donors (Lipinski definition) is 0. The molecule has 0 radical (unpaired) electrons. The average Bonchev–Trinajstić information content (AvgIpc) is 3.83. The van der Waals surface area contributed by atoms with E-state index in [1.54, 1.807) is 24.9 Å². The normalized spacial score (nSPS) is 13.2. The minimum absolute atomic E-state index is 0.0149. The topological polar surface area (TPSA) is 104 Å². The molecule has 0 atom stereocenters. The summed E-state index contributed by atoms with van der Waals surface area (Å²) in [6.07, 6.45) is 10.9. The molecule has 0 fully saturated rings. The molecule has 0 spiro atoms. The van der Waals surface area contributed by atoms with Crippen molar-refractivity contribution < 1.29 is 17.8 Å². The Kier molecular flexibility index (Phi) is 14.2. The van der Waals surface area contributed by atoms with Crippen LogP contribution in [0.3, 0.4) is 0 Å². The van der Waals surface area contributed by atoms with Crippen LogP contribution in [-0.2, 0) is 21.7 Å². The summed E-state index contributed by atoms with van der Waals surface area (Å²) in [7, 11) is 0. The number of hydrogen-bond acceptors (Lipinski definition) is 8. The summed E-state index contributed by atoms with van der Waals surface area (Å²) in [5.74, 6) is 3.57. The molecule has 0 amide bonds. The maximum absolute atomic E-state index is 5.62. The Labute approximate surface area is 294 Å². The second kappa shape index (κ2) is 17.0. The zero-order valence-electron chi connectivity index (χ0n) is 32.6. The van der Waals surface area contributed by atoms with Crippen molar-refractivity contribution in [2.75, 3.05) is 6.54 Å². The van der Waals surface area contributed by atoms with Crippen LogP contribution < -0.4 is 0 Å². The lowest BCUT2D eigenvalue weighted by Gasteiger charge is -2.16. The first-order chi connectivity index (χ1) is 22.5. The second-order valence-corrected chi connectivity index (χ2v) is 17.1. The maximum atomic E-state index is 5.62. The number of furan rings is 1. The van der Waals surface area contributed by atoms with Crippen LogP contribution in [0.5, 0.6) is 0 Å². The van der Waals surface area contributed by atoms with E-state index >= 15 is 0 Å². The molecule has 1 aliphatic rings. The average molecular weight is 673 g/mol. The minimum Gasteiger partial charge on any atom is -0.469 e. The number of allylic oxidation sites excluding steroid dienone is 1. The Balaban J connectivity index is 0.000000215. The van der Waals surface area contributed by atoms with Crippen molar-refractivity contribution in [1.82, 2.24) is 15.1 Å².